The van der Waals surface area contributed by atoms with Crippen LogP contribution in [0.3, 0.4) is 0 Å². The Labute approximate surface area is 102 Å². The van der Waals surface area contributed by atoms with Crippen molar-refractivity contribution < 1.29 is 14.3 Å². The first-order valence-corrected chi connectivity index (χ1v) is 5.47. The molecule has 0 fully saturated rings. The molecule has 0 saturated carbocycles. The number of carboxylic acid groups (broad SMARTS) is 1. The third-order valence-corrected chi connectivity index (χ3v) is 3.37. The fourth-order valence-electron chi connectivity index (χ4n) is 2.48. The lowest BCUT2D eigenvalue weighted by atomic mass is 10.2. The molecule has 2 aromatic heterocycles. The Morgan fingerprint density at radius 1 is 1.17 bits per heavy atom. The zero-order valence-electron chi connectivity index (χ0n) is 9.94. The Balaban J connectivity index is 2.53. The van der Waals surface area contributed by atoms with Crippen LogP contribution >= 0.6 is 0 Å². The summed E-state index contributed by atoms with van der Waals surface area (Å²) in [6, 6.07) is 6.12. The molecule has 2 heterocycles. The van der Waals surface area contributed by atoms with Crippen LogP contribution in [0.5, 0.6) is 0 Å². The van der Waals surface area contributed by atoms with Crippen molar-refractivity contribution in [3.8, 4) is 0 Å². The van der Waals surface area contributed by atoms with Crippen molar-refractivity contribution in [2.75, 3.05) is 0 Å². The molecule has 0 bridgehead atoms. The van der Waals surface area contributed by atoms with Crippen LogP contribution in [0.4, 0.5) is 4.39 Å². The molecule has 4 nitrogen and oxygen atoms in total. The highest BCUT2D eigenvalue weighted by molar-refractivity contribution is 6.09. The average Bonchev–Trinajstić information content (AvgIpc) is 2.78. The molecule has 0 unspecified atom stereocenters. The maximum absolute atomic E-state index is 13.2. The van der Waals surface area contributed by atoms with E-state index in [1.54, 1.807) is 35.4 Å². The van der Waals surface area contributed by atoms with Crippen molar-refractivity contribution in [3.63, 3.8) is 0 Å². The molecule has 0 aliphatic carbocycles. The van der Waals surface area contributed by atoms with Gasteiger partial charge in [0.05, 0.1) is 16.6 Å². The summed E-state index contributed by atoms with van der Waals surface area (Å²) in [6.07, 6.45) is 0. The van der Waals surface area contributed by atoms with Crippen LogP contribution in [0, 0.1) is 5.82 Å². The van der Waals surface area contributed by atoms with Crippen molar-refractivity contribution in [2.45, 2.75) is 0 Å². The van der Waals surface area contributed by atoms with E-state index in [0.717, 1.165) is 21.9 Å². The molecule has 1 N–H and O–H groups in total. The zero-order chi connectivity index (χ0) is 13.0. The number of carbonyl (C=O) groups is 1. The predicted octanol–water partition coefficient (Wildman–Crippen LogP) is 2.51. The second kappa shape index (κ2) is 3.35. The Morgan fingerprint density at radius 3 is 2.56 bits per heavy atom. The number of benzene rings is 1. The van der Waals surface area contributed by atoms with Gasteiger partial charge >= 0.3 is 5.97 Å². The van der Waals surface area contributed by atoms with Crippen LogP contribution in [0.15, 0.2) is 24.3 Å². The molecule has 0 aliphatic heterocycles. The van der Waals surface area contributed by atoms with Gasteiger partial charge in [-0.25, -0.2) is 9.18 Å². The van der Waals surface area contributed by atoms with Crippen LogP contribution in [0.1, 0.15) is 10.5 Å². The summed E-state index contributed by atoms with van der Waals surface area (Å²) in [5, 5.41) is 9.95. The second-order valence-corrected chi connectivity index (χ2v) is 4.35. The number of nitrogens with zero attached hydrogens (tertiary/aromatic N) is 2. The predicted molar refractivity (Wildman–Crippen MR) is 66.3 cm³/mol. The fourth-order valence-corrected chi connectivity index (χ4v) is 2.48. The molecular formula is C13H11FN2O2. The smallest absolute Gasteiger partial charge is 0.352 e. The largest absolute Gasteiger partial charge is 0.477 e. The molecule has 3 aromatic rings. The minimum Gasteiger partial charge on any atom is -0.477 e. The van der Waals surface area contributed by atoms with Gasteiger partial charge < -0.3 is 14.2 Å². The fraction of sp³-hybridized carbons (Fsp3) is 0.154. The number of aromatic carboxylic acids is 1. The van der Waals surface area contributed by atoms with E-state index in [0.29, 0.717) is 0 Å². The summed E-state index contributed by atoms with van der Waals surface area (Å²) in [7, 11) is 3.50. The first kappa shape index (κ1) is 10.8. The van der Waals surface area contributed by atoms with Crippen molar-refractivity contribution in [3.05, 3.63) is 35.8 Å². The van der Waals surface area contributed by atoms with Crippen LogP contribution in [0.2, 0.25) is 0 Å². The van der Waals surface area contributed by atoms with Crippen molar-refractivity contribution in [1.82, 2.24) is 9.13 Å². The van der Waals surface area contributed by atoms with E-state index in [2.05, 4.69) is 0 Å². The Morgan fingerprint density at radius 2 is 1.89 bits per heavy atom. The van der Waals surface area contributed by atoms with Gasteiger partial charge in [0.15, 0.2) is 0 Å². The Bertz CT molecular complexity index is 798. The van der Waals surface area contributed by atoms with E-state index in [1.165, 1.54) is 12.1 Å². The Kier molecular flexibility index (Phi) is 2.02. The zero-order valence-corrected chi connectivity index (χ0v) is 9.94. The molecule has 0 aliphatic rings. The Hall–Kier alpha value is -2.30. The van der Waals surface area contributed by atoms with Crippen LogP contribution < -0.4 is 0 Å². The molecule has 0 spiro atoms. The number of aryl methyl sites for hydroxylation is 2. The highest BCUT2D eigenvalue weighted by Gasteiger charge is 2.18. The lowest BCUT2D eigenvalue weighted by molar-refractivity contribution is 0.0687. The van der Waals surface area contributed by atoms with E-state index >= 15 is 0 Å². The topological polar surface area (TPSA) is 47.2 Å². The number of halogens is 1. The number of rotatable bonds is 1. The van der Waals surface area contributed by atoms with Gasteiger partial charge in [-0.3, -0.25) is 0 Å². The minimum atomic E-state index is -0.969. The second-order valence-electron chi connectivity index (χ2n) is 4.35. The number of carboxylic acids is 1. The van der Waals surface area contributed by atoms with Crippen LogP contribution in [0.25, 0.3) is 21.9 Å². The molecule has 0 saturated heterocycles. The van der Waals surface area contributed by atoms with Gasteiger partial charge in [-0.1, -0.05) is 0 Å². The van der Waals surface area contributed by atoms with Crippen molar-refractivity contribution in [1.29, 1.82) is 0 Å². The standard InChI is InChI=1S/C13H11FN2O2/c1-15-9-5-7(14)3-4-8(9)12-10(15)6-11(13(17)18)16(12)2/h3-6H,1-2H3,(H,17,18). The molecule has 3 rings (SSSR count). The molecule has 92 valence electrons. The molecule has 18 heavy (non-hydrogen) atoms. The molecule has 0 atom stereocenters. The van der Waals surface area contributed by atoms with Crippen LogP contribution in [-0.2, 0) is 14.1 Å². The SMILES string of the molecule is Cn1c(C(=O)O)cc2c1c1ccc(F)cc1n2C. The van der Waals surface area contributed by atoms with Gasteiger partial charge in [0, 0.05) is 19.5 Å². The van der Waals surface area contributed by atoms with Crippen molar-refractivity contribution in [2.24, 2.45) is 14.1 Å². The average molecular weight is 246 g/mol. The molecule has 1 aromatic carbocycles. The number of fused-ring (bicyclic) bond motifs is 3. The van der Waals surface area contributed by atoms with Gasteiger partial charge in [0.2, 0.25) is 0 Å². The van der Waals surface area contributed by atoms with Gasteiger partial charge in [-0.15, -0.1) is 0 Å². The van der Waals surface area contributed by atoms with Gasteiger partial charge in [0.25, 0.3) is 0 Å². The third kappa shape index (κ3) is 1.21. The van der Waals surface area contributed by atoms with E-state index in [4.69, 9.17) is 5.11 Å². The lowest BCUT2D eigenvalue weighted by Crippen LogP contribution is -2.03. The molecule has 0 radical (unpaired) electrons. The van der Waals surface area contributed by atoms with E-state index in [9.17, 15) is 9.18 Å². The molecular weight excluding hydrogens is 235 g/mol. The maximum Gasteiger partial charge on any atom is 0.352 e. The quantitative estimate of drug-likeness (QED) is 0.717. The summed E-state index contributed by atoms with van der Waals surface area (Å²) in [6.45, 7) is 0. The summed E-state index contributed by atoms with van der Waals surface area (Å²) >= 11 is 0. The van der Waals surface area contributed by atoms with Crippen molar-refractivity contribution >= 4 is 27.9 Å². The van der Waals surface area contributed by atoms with Gasteiger partial charge in [-0.2, -0.15) is 0 Å². The van der Waals surface area contributed by atoms with E-state index < -0.39 is 5.97 Å². The molecule has 0 amide bonds. The summed E-state index contributed by atoms with van der Waals surface area (Å²) in [5.74, 6) is -1.27. The molecule has 5 heteroatoms. The van der Waals surface area contributed by atoms with Gasteiger partial charge in [0.1, 0.15) is 11.5 Å². The van der Waals surface area contributed by atoms with Gasteiger partial charge in [-0.05, 0) is 24.3 Å². The van der Waals surface area contributed by atoms with E-state index in [1.807, 2.05) is 0 Å². The maximum atomic E-state index is 13.2. The minimum absolute atomic E-state index is 0.224. The lowest BCUT2D eigenvalue weighted by Gasteiger charge is -2.00. The summed E-state index contributed by atoms with van der Waals surface area (Å²) < 4.78 is 16.7. The summed E-state index contributed by atoms with van der Waals surface area (Å²) in [4.78, 5) is 11.1. The van der Waals surface area contributed by atoms with E-state index in [-0.39, 0.29) is 11.5 Å². The normalized spacial score (nSPS) is 11.5. The number of hydrogen-bond acceptors (Lipinski definition) is 1. The third-order valence-electron chi connectivity index (χ3n) is 3.37. The number of hydrogen-bond donors (Lipinski definition) is 1. The van der Waals surface area contributed by atoms with Crippen LogP contribution in [-0.4, -0.2) is 20.2 Å². The summed E-state index contributed by atoms with van der Waals surface area (Å²) in [5.41, 5.74) is 2.58. The highest BCUT2D eigenvalue weighted by atomic mass is 19.1. The first-order chi connectivity index (χ1) is 8.50. The number of aromatic nitrogens is 2. The highest BCUT2D eigenvalue weighted by Crippen LogP contribution is 2.30. The monoisotopic (exact) mass is 246 g/mol. The first-order valence-electron chi connectivity index (χ1n) is 5.47.